The lowest BCUT2D eigenvalue weighted by Crippen LogP contribution is -2.20. The Bertz CT molecular complexity index is 360. The van der Waals surface area contributed by atoms with E-state index in [2.05, 4.69) is 9.98 Å². The minimum Gasteiger partial charge on any atom is -0.292 e. The molecule has 12 heavy (non-hydrogen) atoms. The van der Waals surface area contributed by atoms with E-state index in [-0.39, 0.29) is 5.82 Å². The molecule has 64 valence electrons. The Hall–Kier alpha value is -1.65. The van der Waals surface area contributed by atoms with E-state index in [0.29, 0.717) is 0 Å². The van der Waals surface area contributed by atoms with Crippen LogP contribution in [0, 0.1) is 0 Å². The summed E-state index contributed by atoms with van der Waals surface area (Å²) in [5.74, 6) is 0.283. The summed E-state index contributed by atoms with van der Waals surface area (Å²) in [5, 5.41) is 0. The predicted octanol–water partition coefficient (Wildman–Crippen LogP) is 0.175. The van der Waals surface area contributed by atoms with Crippen LogP contribution in [-0.2, 0) is 0 Å². The first kappa shape index (κ1) is 8.45. The van der Waals surface area contributed by atoms with Crippen molar-refractivity contribution in [3.05, 3.63) is 26.9 Å². The SMILES string of the molecule is CCC=Nc1cc(=O)[nH]c(=O)[nH]1. The molecule has 5 heteroatoms. The quantitative estimate of drug-likeness (QED) is 0.616. The zero-order valence-electron chi connectivity index (χ0n) is 6.63. The normalized spacial score (nSPS) is 10.8. The number of nitrogens with one attached hydrogen (secondary N) is 2. The average Bonchev–Trinajstić information content (AvgIpc) is 1.99. The molecule has 2 N–H and O–H groups in total. The van der Waals surface area contributed by atoms with E-state index in [0.717, 1.165) is 6.42 Å². The van der Waals surface area contributed by atoms with Crippen molar-refractivity contribution in [1.82, 2.24) is 9.97 Å². The number of rotatable bonds is 2. The molecule has 0 aromatic carbocycles. The molecule has 0 unspecified atom stereocenters. The van der Waals surface area contributed by atoms with Crippen LogP contribution in [-0.4, -0.2) is 16.2 Å². The summed E-state index contributed by atoms with van der Waals surface area (Å²) in [6.45, 7) is 1.91. The molecule has 0 aliphatic carbocycles. The molecule has 1 rings (SSSR count). The second-order valence-corrected chi connectivity index (χ2v) is 2.19. The van der Waals surface area contributed by atoms with E-state index in [4.69, 9.17) is 0 Å². The van der Waals surface area contributed by atoms with Crippen molar-refractivity contribution in [1.29, 1.82) is 0 Å². The van der Waals surface area contributed by atoms with E-state index in [1.165, 1.54) is 6.07 Å². The molecule has 0 bridgehead atoms. The standard InChI is InChI=1S/C7H9N3O2/c1-2-3-8-5-4-6(11)10-7(12)9-5/h3-4H,2H2,1H3,(H2,9,10,11,12). The predicted molar refractivity (Wildman–Crippen MR) is 46.1 cm³/mol. The second kappa shape index (κ2) is 3.66. The monoisotopic (exact) mass is 167 g/mol. The fourth-order valence-electron chi connectivity index (χ4n) is 0.715. The van der Waals surface area contributed by atoms with E-state index in [1.54, 1.807) is 6.21 Å². The van der Waals surface area contributed by atoms with Gasteiger partial charge in [-0.3, -0.25) is 14.8 Å². The topological polar surface area (TPSA) is 78.1 Å². The van der Waals surface area contributed by atoms with Crippen LogP contribution in [0.25, 0.3) is 0 Å². The number of aromatic nitrogens is 2. The molecule has 0 aliphatic rings. The van der Waals surface area contributed by atoms with Crippen molar-refractivity contribution < 1.29 is 0 Å². The maximum absolute atomic E-state index is 10.7. The van der Waals surface area contributed by atoms with Gasteiger partial charge in [0.2, 0.25) is 0 Å². The molecule has 0 amide bonds. The van der Waals surface area contributed by atoms with Gasteiger partial charge in [0.25, 0.3) is 5.56 Å². The van der Waals surface area contributed by atoms with Gasteiger partial charge in [0, 0.05) is 12.3 Å². The summed E-state index contributed by atoms with van der Waals surface area (Å²) < 4.78 is 0. The zero-order valence-corrected chi connectivity index (χ0v) is 6.63. The smallest absolute Gasteiger partial charge is 0.292 e. The van der Waals surface area contributed by atoms with Gasteiger partial charge in [-0.2, -0.15) is 0 Å². The van der Waals surface area contributed by atoms with E-state index in [1.807, 2.05) is 11.9 Å². The van der Waals surface area contributed by atoms with Crippen molar-refractivity contribution in [2.75, 3.05) is 0 Å². The van der Waals surface area contributed by atoms with E-state index >= 15 is 0 Å². The first-order valence-electron chi connectivity index (χ1n) is 3.58. The third-order valence-corrected chi connectivity index (χ3v) is 1.16. The Kier molecular flexibility index (Phi) is 2.57. The Morgan fingerprint density at radius 2 is 2.25 bits per heavy atom. The van der Waals surface area contributed by atoms with Crippen LogP contribution in [0.5, 0.6) is 0 Å². The van der Waals surface area contributed by atoms with Gasteiger partial charge < -0.3 is 0 Å². The van der Waals surface area contributed by atoms with Gasteiger partial charge >= 0.3 is 5.69 Å². The summed E-state index contributed by atoms with van der Waals surface area (Å²) in [5.41, 5.74) is -0.979. The first-order chi connectivity index (χ1) is 5.72. The molecule has 0 saturated carbocycles. The fourth-order valence-corrected chi connectivity index (χ4v) is 0.715. The van der Waals surface area contributed by atoms with Crippen LogP contribution in [0.15, 0.2) is 20.6 Å². The third-order valence-electron chi connectivity index (χ3n) is 1.16. The molecule has 0 fully saturated rings. The minimum absolute atomic E-state index is 0.283. The number of aliphatic imine (C=N–C) groups is 1. The van der Waals surface area contributed by atoms with Crippen molar-refractivity contribution >= 4 is 12.0 Å². The van der Waals surface area contributed by atoms with E-state index in [9.17, 15) is 9.59 Å². The largest absolute Gasteiger partial charge is 0.327 e. The highest BCUT2D eigenvalue weighted by molar-refractivity contribution is 5.60. The van der Waals surface area contributed by atoms with Crippen molar-refractivity contribution in [2.24, 2.45) is 4.99 Å². The number of H-pyrrole nitrogens is 2. The fraction of sp³-hybridized carbons (Fsp3) is 0.286. The van der Waals surface area contributed by atoms with Gasteiger partial charge in [-0.1, -0.05) is 6.92 Å². The van der Waals surface area contributed by atoms with Gasteiger partial charge in [0.15, 0.2) is 0 Å². The Balaban J connectivity index is 3.09. The molecule has 0 aliphatic heterocycles. The van der Waals surface area contributed by atoms with E-state index < -0.39 is 11.2 Å². The van der Waals surface area contributed by atoms with Gasteiger partial charge in [-0.15, -0.1) is 0 Å². The zero-order chi connectivity index (χ0) is 8.97. The number of aromatic amines is 2. The Morgan fingerprint density at radius 1 is 1.50 bits per heavy atom. The van der Waals surface area contributed by atoms with Crippen LogP contribution < -0.4 is 11.2 Å². The molecule has 0 radical (unpaired) electrons. The maximum atomic E-state index is 10.7. The number of nitrogens with zero attached hydrogens (tertiary/aromatic N) is 1. The molecule has 0 saturated heterocycles. The Labute approximate surface area is 68.2 Å². The van der Waals surface area contributed by atoms with Crippen LogP contribution >= 0.6 is 0 Å². The van der Waals surface area contributed by atoms with Crippen molar-refractivity contribution in [2.45, 2.75) is 13.3 Å². The van der Waals surface area contributed by atoms with Gasteiger partial charge in [0.05, 0.1) is 0 Å². The summed E-state index contributed by atoms with van der Waals surface area (Å²) in [7, 11) is 0. The Morgan fingerprint density at radius 3 is 2.83 bits per heavy atom. The van der Waals surface area contributed by atoms with Crippen molar-refractivity contribution in [3.63, 3.8) is 0 Å². The number of hydrogen-bond donors (Lipinski definition) is 2. The summed E-state index contributed by atoms with van der Waals surface area (Å²) in [6.07, 6.45) is 2.37. The van der Waals surface area contributed by atoms with Crippen LogP contribution in [0.4, 0.5) is 5.82 Å². The third kappa shape index (κ3) is 2.19. The molecule has 0 spiro atoms. The summed E-state index contributed by atoms with van der Waals surface area (Å²) in [4.78, 5) is 29.7. The lowest BCUT2D eigenvalue weighted by Gasteiger charge is -1.89. The molecular formula is C7H9N3O2. The molecular weight excluding hydrogens is 158 g/mol. The maximum Gasteiger partial charge on any atom is 0.327 e. The first-order valence-corrected chi connectivity index (χ1v) is 3.58. The van der Waals surface area contributed by atoms with Crippen LogP contribution in [0.2, 0.25) is 0 Å². The van der Waals surface area contributed by atoms with Gasteiger partial charge in [-0.05, 0) is 6.42 Å². The van der Waals surface area contributed by atoms with Crippen LogP contribution in [0.3, 0.4) is 0 Å². The minimum atomic E-state index is -0.536. The molecule has 5 nitrogen and oxygen atoms in total. The number of hydrogen-bond acceptors (Lipinski definition) is 3. The lowest BCUT2D eigenvalue weighted by atomic mass is 10.5. The molecule has 1 aromatic rings. The van der Waals surface area contributed by atoms with Crippen molar-refractivity contribution in [3.8, 4) is 0 Å². The van der Waals surface area contributed by atoms with Gasteiger partial charge in [0.1, 0.15) is 5.82 Å². The highest BCUT2D eigenvalue weighted by atomic mass is 16.2. The summed E-state index contributed by atoms with van der Waals surface area (Å²) in [6, 6.07) is 1.23. The van der Waals surface area contributed by atoms with Crippen LogP contribution in [0.1, 0.15) is 13.3 Å². The summed E-state index contributed by atoms with van der Waals surface area (Å²) >= 11 is 0. The second-order valence-electron chi connectivity index (χ2n) is 2.19. The highest BCUT2D eigenvalue weighted by Crippen LogP contribution is 1.97. The molecule has 1 heterocycles. The van der Waals surface area contributed by atoms with Gasteiger partial charge in [-0.25, -0.2) is 9.79 Å². The lowest BCUT2D eigenvalue weighted by molar-refractivity contribution is 1.03. The highest BCUT2D eigenvalue weighted by Gasteiger charge is 1.90. The molecule has 0 atom stereocenters. The average molecular weight is 167 g/mol. The molecule has 1 aromatic heterocycles.